The van der Waals surface area contributed by atoms with Gasteiger partial charge in [0.05, 0.1) is 17.1 Å². The van der Waals surface area contributed by atoms with E-state index >= 15 is 0 Å². The van der Waals surface area contributed by atoms with Crippen molar-refractivity contribution in [1.82, 2.24) is 5.32 Å². The Kier molecular flexibility index (Phi) is 8.14. The first-order valence-corrected chi connectivity index (χ1v) is 11.4. The van der Waals surface area contributed by atoms with E-state index in [4.69, 9.17) is 16.3 Å². The van der Waals surface area contributed by atoms with Crippen molar-refractivity contribution < 1.29 is 19.4 Å². The summed E-state index contributed by atoms with van der Waals surface area (Å²) in [5, 5.41) is 23.1. The molecule has 0 aliphatic carbocycles. The van der Waals surface area contributed by atoms with Gasteiger partial charge in [-0.2, -0.15) is 5.26 Å². The van der Waals surface area contributed by atoms with E-state index in [1.54, 1.807) is 37.3 Å². The maximum absolute atomic E-state index is 13.7. The highest BCUT2D eigenvalue weighted by molar-refractivity contribution is 6.30. The number of nitriles is 1. The van der Waals surface area contributed by atoms with Gasteiger partial charge in [0.1, 0.15) is 6.61 Å². The molecule has 1 heterocycles. The third-order valence-corrected chi connectivity index (χ3v) is 6.51. The number of carbonyl (C=O) groups is 2. The summed E-state index contributed by atoms with van der Waals surface area (Å²) in [6.45, 7) is 3.51. The fourth-order valence-electron chi connectivity index (χ4n) is 4.72. The van der Waals surface area contributed by atoms with Crippen molar-refractivity contribution in [2.24, 2.45) is 5.41 Å². The second-order valence-electron chi connectivity index (χ2n) is 8.31. The molecule has 0 fully saturated rings. The van der Waals surface area contributed by atoms with Gasteiger partial charge < -0.3 is 15.2 Å². The van der Waals surface area contributed by atoms with Crippen molar-refractivity contribution in [3.63, 3.8) is 0 Å². The number of aliphatic carboxylic acids is 1. The Morgan fingerprint density at radius 3 is 2.62 bits per heavy atom. The maximum Gasteiger partial charge on any atom is 0.333 e. The summed E-state index contributed by atoms with van der Waals surface area (Å²) < 4.78 is 5.70. The second kappa shape index (κ2) is 11.0. The lowest BCUT2D eigenvalue weighted by atomic mass is 9.60. The van der Waals surface area contributed by atoms with Crippen LogP contribution in [0, 0.1) is 16.7 Å². The molecule has 0 saturated carbocycles. The minimum absolute atomic E-state index is 0.0160. The van der Waals surface area contributed by atoms with E-state index in [1.165, 1.54) is 0 Å². The molecule has 0 bridgehead atoms. The van der Waals surface area contributed by atoms with E-state index in [0.29, 0.717) is 16.3 Å². The quantitative estimate of drug-likeness (QED) is 0.498. The molecule has 3 rings (SSSR count). The number of hydrogen-bond donors (Lipinski definition) is 2. The number of carboxylic acids is 1. The van der Waals surface area contributed by atoms with Gasteiger partial charge in [0, 0.05) is 29.1 Å². The predicted molar refractivity (Wildman–Crippen MR) is 131 cm³/mol. The average Bonchev–Trinajstić information content (AvgIpc) is 2.81. The first-order chi connectivity index (χ1) is 16.3. The molecule has 0 aromatic heterocycles. The van der Waals surface area contributed by atoms with Crippen LogP contribution in [0.5, 0.6) is 0 Å². The first kappa shape index (κ1) is 25.1. The number of carboxylic acid groups (broad SMARTS) is 1. The molecule has 2 aromatic carbocycles. The number of benzene rings is 2. The number of ether oxygens (including phenoxy) is 1. The highest BCUT2D eigenvalue weighted by Crippen LogP contribution is 2.51. The lowest BCUT2D eigenvalue weighted by molar-refractivity contribution is -0.159. The van der Waals surface area contributed by atoms with Crippen LogP contribution >= 0.6 is 11.6 Å². The fraction of sp³-hybridized carbons (Fsp3) is 0.296. The van der Waals surface area contributed by atoms with Crippen molar-refractivity contribution in [1.29, 1.82) is 5.26 Å². The Labute approximate surface area is 204 Å². The van der Waals surface area contributed by atoms with Crippen LogP contribution in [0.2, 0.25) is 5.02 Å². The molecule has 7 heteroatoms. The van der Waals surface area contributed by atoms with Crippen LogP contribution in [0.1, 0.15) is 43.7 Å². The Bertz CT molecular complexity index is 1150. The van der Waals surface area contributed by atoms with E-state index < -0.39 is 29.3 Å². The Morgan fingerprint density at radius 2 is 1.97 bits per heavy atom. The molecule has 6 nitrogen and oxygen atoms in total. The SMILES string of the molecule is CC1=C(C(=O)O)C(c2cccc(Cl)c2)C(CCC#N)(C(=O)OCC=Cc2ccccc2)C(C)N1. The van der Waals surface area contributed by atoms with Crippen molar-refractivity contribution in [3.05, 3.63) is 88.1 Å². The molecule has 176 valence electrons. The normalized spacial score (nSPS) is 22.2. The van der Waals surface area contributed by atoms with Gasteiger partial charge in [0.2, 0.25) is 0 Å². The first-order valence-electron chi connectivity index (χ1n) is 11.0. The second-order valence-corrected chi connectivity index (χ2v) is 8.74. The van der Waals surface area contributed by atoms with Gasteiger partial charge in [-0.3, -0.25) is 4.79 Å². The minimum Gasteiger partial charge on any atom is -0.478 e. The van der Waals surface area contributed by atoms with E-state index in [2.05, 4.69) is 11.4 Å². The zero-order valence-electron chi connectivity index (χ0n) is 19.1. The van der Waals surface area contributed by atoms with Gasteiger partial charge in [-0.1, -0.05) is 60.1 Å². The molecule has 1 aliphatic heterocycles. The summed E-state index contributed by atoms with van der Waals surface area (Å²) in [6.07, 6.45) is 3.77. The summed E-state index contributed by atoms with van der Waals surface area (Å²) in [4.78, 5) is 26.1. The molecule has 3 atom stereocenters. The van der Waals surface area contributed by atoms with E-state index in [0.717, 1.165) is 5.56 Å². The minimum atomic E-state index is -1.33. The average molecular weight is 479 g/mol. The zero-order valence-corrected chi connectivity index (χ0v) is 19.9. The Morgan fingerprint density at radius 1 is 1.24 bits per heavy atom. The molecule has 0 radical (unpaired) electrons. The van der Waals surface area contributed by atoms with Gasteiger partial charge in [0.15, 0.2) is 0 Å². The molecule has 34 heavy (non-hydrogen) atoms. The van der Waals surface area contributed by atoms with Crippen LogP contribution in [-0.4, -0.2) is 29.7 Å². The molecule has 3 unspecified atom stereocenters. The standard InChI is InChI=1S/C27H27ClN2O4/c1-18-23(25(31)32)24(21-12-6-13-22(28)17-21)27(14-8-15-29,19(2)30-18)26(33)34-16-7-11-20-9-4-3-5-10-20/h3-7,9-13,17,19,24,30H,8,14,16H2,1-2H3,(H,31,32). The summed E-state index contributed by atoms with van der Waals surface area (Å²) >= 11 is 6.25. The summed E-state index contributed by atoms with van der Waals surface area (Å²) in [7, 11) is 0. The Hall–Kier alpha value is -3.56. The lowest BCUT2D eigenvalue weighted by Crippen LogP contribution is -2.57. The fourth-order valence-corrected chi connectivity index (χ4v) is 4.91. The summed E-state index contributed by atoms with van der Waals surface area (Å²) in [5.74, 6) is -2.55. The zero-order chi connectivity index (χ0) is 24.7. The van der Waals surface area contributed by atoms with Gasteiger partial charge in [0.25, 0.3) is 0 Å². The summed E-state index contributed by atoms with van der Waals surface area (Å²) in [6, 6.07) is 18.1. The predicted octanol–water partition coefficient (Wildman–Crippen LogP) is 5.32. The van der Waals surface area contributed by atoms with E-state index in [1.807, 2.05) is 43.3 Å². The van der Waals surface area contributed by atoms with Crippen LogP contribution in [0.4, 0.5) is 0 Å². The lowest BCUT2D eigenvalue weighted by Gasteiger charge is -2.47. The van der Waals surface area contributed by atoms with Crippen molar-refractivity contribution >= 4 is 29.6 Å². The molecule has 2 N–H and O–H groups in total. The molecule has 2 aromatic rings. The molecular formula is C27H27ClN2O4. The number of rotatable bonds is 8. The molecule has 0 saturated heterocycles. The van der Waals surface area contributed by atoms with Gasteiger partial charge in [-0.05, 0) is 49.6 Å². The highest BCUT2D eigenvalue weighted by Gasteiger charge is 2.56. The van der Waals surface area contributed by atoms with Gasteiger partial charge in [-0.15, -0.1) is 0 Å². The van der Waals surface area contributed by atoms with Crippen LogP contribution in [0.25, 0.3) is 6.08 Å². The summed E-state index contributed by atoms with van der Waals surface area (Å²) in [5.41, 5.74) is 0.763. The number of carbonyl (C=O) groups excluding carboxylic acids is 1. The number of nitrogens with one attached hydrogen (secondary N) is 1. The number of halogens is 1. The van der Waals surface area contributed by atoms with Gasteiger partial charge >= 0.3 is 11.9 Å². The maximum atomic E-state index is 13.7. The third-order valence-electron chi connectivity index (χ3n) is 6.28. The monoisotopic (exact) mass is 478 g/mol. The number of allylic oxidation sites excluding steroid dienone is 1. The number of nitrogens with zero attached hydrogens (tertiary/aromatic N) is 1. The smallest absolute Gasteiger partial charge is 0.333 e. The van der Waals surface area contributed by atoms with Gasteiger partial charge in [-0.25, -0.2) is 4.79 Å². The number of esters is 1. The third kappa shape index (κ3) is 5.16. The van der Waals surface area contributed by atoms with Crippen LogP contribution in [-0.2, 0) is 14.3 Å². The van der Waals surface area contributed by atoms with Crippen LogP contribution in [0.3, 0.4) is 0 Å². The molecule has 0 spiro atoms. The van der Waals surface area contributed by atoms with Crippen molar-refractivity contribution in [2.45, 2.75) is 38.6 Å². The molecule has 1 aliphatic rings. The highest BCUT2D eigenvalue weighted by atomic mass is 35.5. The molecular weight excluding hydrogens is 452 g/mol. The van der Waals surface area contributed by atoms with Crippen LogP contribution in [0.15, 0.2) is 71.9 Å². The largest absolute Gasteiger partial charge is 0.478 e. The molecule has 0 amide bonds. The van der Waals surface area contributed by atoms with E-state index in [9.17, 15) is 20.0 Å². The topological polar surface area (TPSA) is 99.4 Å². The number of hydrogen-bond acceptors (Lipinski definition) is 5. The Balaban J connectivity index is 2.04. The van der Waals surface area contributed by atoms with E-state index in [-0.39, 0.29) is 25.0 Å². The van der Waals surface area contributed by atoms with Crippen molar-refractivity contribution in [2.75, 3.05) is 6.61 Å². The van der Waals surface area contributed by atoms with Crippen molar-refractivity contribution in [3.8, 4) is 6.07 Å². The van der Waals surface area contributed by atoms with Crippen LogP contribution < -0.4 is 5.32 Å².